The first-order valence-electron chi connectivity index (χ1n) is 8.26. The van der Waals surface area contributed by atoms with Crippen molar-refractivity contribution in [1.29, 1.82) is 0 Å². The maximum atomic E-state index is 6.41. The smallest absolute Gasteiger partial charge is 0.0702 e. The molecule has 1 heterocycles. The summed E-state index contributed by atoms with van der Waals surface area (Å²) in [7, 11) is 0. The molecule has 1 aromatic carbocycles. The van der Waals surface area contributed by atoms with E-state index < -0.39 is 0 Å². The van der Waals surface area contributed by atoms with E-state index in [4.69, 9.17) is 10.5 Å². The SMILES string of the molecule is CCCOC1CCCN(CC(N)c2ccc(C)c(C)c2)C1. The molecule has 0 bridgehead atoms. The molecule has 1 aliphatic rings. The maximum Gasteiger partial charge on any atom is 0.0702 e. The van der Waals surface area contributed by atoms with Gasteiger partial charge in [-0.3, -0.25) is 4.90 Å². The molecule has 3 nitrogen and oxygen atoms in total. The van der Waals surface area contributed by atoms with Crippen LogP contribution in [0.25, 0.3) is 0 Å². The molecule has 1 fully saturated rings. The molecule has 0 amide bonds. The zero-order valence-electron chi connectivity index (χ0n) is 13.8. The fraction of sp³-hybridized carbons (Fsp3) is 0.667. The van der Waals surface area contributed by atoms with Crippen LogP contribution in [0, 0.1) is 13.8 Å². The van der Waals surface area contributed by atoms with E-state index in [0.29, 0.717) is 6.10 Å². The average molecular weight is 290 g/mol. The Hall–Kier alpha value is -0.900. The van der Waals surface area contributed by atoms with Crippen LogP contribution in [0.3, 0.4) is 0 Å². The average Bonchev–Trinajstić information content (AvgIpc) is 2.48. The van der Waals surface area contributed by atoms with Crippen LogP contribution < -0.4 is 5.73 Å². The number of benzene rings is 1. The highest BCUT2D eigenvalue weighted by atomic mass is 16.5. The van der Waals surface area contributed by atoms with Gasteiger partial charge in [0.1, 0.15) is 0 Å². The standard InChI is InChI=1S/C18H30N2O/c1-4-10-21-17-6-5-9-20(12-17)13-18(19)16-8-7-14(2)15(3)11-16/h7-8,11,17-18H,4-6,9-10,12-13,19H2,1-3H3. The Morgan fingerprint density at radius 2 is 2.14 bits per heavy atom. The Morgan fingerprint density at radius 3 is 2.86 bits per heavy atom. The second kappa shape index (κ2) is 7.92. The third-order valence-corrected chi connectivity index (χ3v) is 4.43. The van der Waals surface area contributed by atoms with Crippen LogP contribution in [0.4, 0.5) is 0 Å². The molecule has 0 radical (unpaired) electrons. The molecule has 2 atom stereocenters. The van der Waals surface area contributed by atoms with Gasteiger partial charge in [-0.05, 0) is 56.3 Å². The fourth-order valence-electron chi connectivity index (χ4n) is 2.98. The van der Waals surface area contributed by atoms with E-state index in [-0.39, 0.29) is 6.04 Å². The summed E-state index contributed by atoms with van der Waals surface area (Å²) >= 11 is 0. The Morgan fingerprint density at radius 1 is 1.33 bits per heavy atom. The summed E-state index contributed by atoms with van der Waals surface area (Å²) < 4.78 is 5.90. The predicted octanol–water partition coefficient (Wildman–Crippen LogP) is 3.19. The molecule has 21 heavy (non-hydrogen) atoms. The number of nitrogens with zero attached hydrogens (tertiary/aromatic N) is 1. The molecule has 0 aromatic heterocycles. The highest BCUT2D eigenvalue weighted by Crippen LogP contribution is 2.19. The number of nitrogens with two attached hydrogens (primary N) is 1. The summed E-state index contributed by atoms with van der Waals surface area (Å²) in [6.07, 6.45) is 3.90. The van der Waals surface area contributed by atoms with Crippen molar-refractivity contribution in [2.45, 2.75) is 52.2 Å². The van der Waals surface area contributed by atoms with Gasteiger partial charge in [0.25, 0.3) is 0 Å². The molecule has 118 valence electrons. The summed E-state index contributed by atoms with van der Waals surface area (Å²) in [5, 5.41) is 0. The summed E-state index contributed by atoms with van der Waals surface area (Å²) in [5.74, 6) is 0. The minimum atomic E-state index is 0.0919. The molecule has 0 saturated carbocycles. The van der Waals surface area contributed by atoms with E-state index in [1.165, 1.54) is 29.5 Å². The van der Waals surface area contributed by atoms with Gasteiger partial charge in [0.2, 0.25) is 0 Å². The highest BCUT2D eigenvalue weighted by molar-refractivity contribution is 5.31. The second-order valence-electron chi connectivity index (χ2n) is 6.34. The summed E-state index contributed by atoms with van der Waals surface area (Å²) in [4.78, 5) is 2.46. The fourth-order valence-corrected chi connectivity index (χ4v) is 2.98. The molecule has 0 aliphatic carbocycles. The van der Waals surface area contributed by atoms with Gasteiger partial charge in [-0.25, -0.2) is 0 Å². The summed E-state index contributed by atoms with van der Waals surface area (Å²) in [6, 6.07) is 6.67. The van der Waals surface area contributed by atoms with E-state index in [1.54, 1.807) is 0 Å². The molecule has 2 N–H and O–H groups in total. The van der Waals surface area contributed by atoms with Crippen LogP contribution in [0.2, 0.25) is 0 Å². The monoisotopic (exact) mass is 290 g/mol. The van der Waals surface area contributed by atoms with Crippen LogP contribution in [0.1, 0.15) is 48.9 Å². The normalized spacial score (nSPS) is 21.4. The number of rotatable bonds is 6. The Kier molecular flexibility index (Phi) is 6.22. The van der Waals surface area contributed by atoms with E-state index in [1.807, 2.05) is 0 Å². The molecule has 3 heteroatoms. The lowest BCUT2D eigenvalue weighted by Gasteiger charge is -2.34. The van der Waals surface area contributed by atoms with Crippen molar-refractivity contribution in [3.63, 3.8) is 0 Å². The van der Waals surface area contributed by atoms with Crippen molar-refractivity contribution >= 4 is 0 Å². The minimum Gasteiger partial charge on any atom is -0.377 e. The van der Waals surface area contributed by atoms with Gasteiger partial charge >= 0.3 is 0 Å². The largest absolute Gasteiger partial charge is 0.377 e. The van der Waals surface area contributed by atoms with Crippen molar-refractivity contribution in [3.8, 4) is 0 Å². The number of piperidine rings is 1. The van der Waals surface area contributed by atoms with Crippen molar-refractivity contribution in [2.24, 2.45) is 5.73 Å². The number of hydrogen-bond acceptors (Lipinski definition) is 3. The molecule has 1 aliphatic heterocycles. The number of ether oxygens (including phenoxy) is 1. The first-order valence-corrected chi connectivity index (χ1v) is 8.26. The highest BCUT2D eigenvalue weighted by Gasteiger charge is 2.22. The summed E-state index contributed by atoms with van der Waals surface area (Å²) in [5.41, 5.74) is 10.3. The lowest BCUT2D eigenvalue weighted by atomic mass is 10.00. The van der Waals surface area contributed by atoms with E-state index in [2.05, 4.69) is 43.9 Å². The second-order valence-corrected chi connectivity index (χ2v) is 6.34. The van der Waals surface area contributed by atoms with Gasteiger partial charge in [-0.2, -0.15) is 0 Å². The molecular formula is C18H30N2O. The minimum absolute atomic E-state index is 0.0919. The lowest BCUT2D eigenvalue weighted by molar-refractivity contribution is -0.00138. The zero-order valence-corrected chi connectivity index (χ0v) is 13.8. The number of hydrogen-bond donors (Lipinski definition) is 1. The third kappa shape index (κ3) is 4.80. The quantitative estimate of drug-likeness (QED) is 0.874. The first kappa shape index (κ1) is 16.5. The van der Waals surface area contributed by atoms with Crippen LogP contribution in [-0.2, 0) is 4.74 Å². The van der Waals surface area contributed by atoms with Crippen LogP contribution in [0.15, 0.2) is 18.2 Å². The Balaban J connectivity index is 1.89. The third-order valence-electron chi connectivity index (χ3n) is 4.43. The van der Waals surface area contributed by atoms with Gasteiger partial charge in [0, 0.05) is 25.7 Å². The lowest BCUT2D eigenvalue weighted by Crippen LogP contribution is -2.43. The first-order chi connectivity index (χ1) is 10.1. The van der Waals surface area contributed by atoms with Gasteiger partial charge in [-0.15, -0.1) is 0 Å². The van der Waals surface area contributed by atoms with Gasteiger partial charge in [-0.1, -0.05) is 25.1 Å². The van der Waals surface area contributed by atoms with Gasteiger partial charge < -0.3 is 10.5 Å². The molecule has 2 rings (SSSR count). The van der Waals surface area contributed by atoms with Crippen molar-refractivity contribution < 1.29 is 4.74 Å². The van der Waals surface area contributed by atoms with Gasteiger partial charge in [0.15, 0.2) is 0 Å². The van der Waals surface area contributed by atoms with E-state index >= 15 is 0 Å². The molecule has 2 unspecified atom stereocenters. The van der Waals surface area contributed by atoms with Gasteiger partial charge in [0.05, 0.1) is 6.10 Å². The van der Waals surface area contributed by atoms with Crippen LogP contribution >= 0.6 is 0 Å². The van der Waals surface area contributed by atoms with Crippen molar-refractivity contribution in [2.75, 3.05) is 26.2 Å². The van der Waals surface area contributed by atoms with Crippen LogP contribution in [-0.4, -0.2) is 37.2 Å². The zero-order chi connectivity index (χ0) is 15.2. The molecule has 0 spiro atoms. The van der Waals surface area contributed by atoms with E-state index in [0.717, 1.165) is 32.7 Å². The predicted molar refractivity (Wildman–Crippen MR) is 88.5 cm³/mol. The topological polar surface area (TPSA) is 38.5 Å². The Bertz CT molecular complexity index is 447. The molecule has 1 saturated heterocycles. The Labute approximate surface area is 129 Å². The summed E-state index contributed by atoms with van der Waals surface area (Å²) in [6.45, 7) is 10.4. The van der Waals surface area contributed by atoms with Crippen molar-refractivity contribution in [3.05, 3.63) is 34.9 Å². The van der Waals surface area contributed by atoms with Crippen LogP contribution in [0.5, 0.6) is 0 Å². The number of likely N-dealkylation sites (tertiary alicyclic amines) is 1. The molecule has 1 aromatic rings. The van der Waals surface area contributed by atoms with Crippen molar-refractivity contribution in [1.82, 2.24) is 4.90 Å². The maximum absolute atomic E-state index is 6.41. The van der Waals surface area contributed by atoms with E-state index in [9.17, 15) is 0 Å². The molecular weight excluding hydrogens is 260 g/mol. The number of aryl methyl sites for hydroxylation is 2.